The second kappa shape index (κ2) is 6.55. The van der Waals surface area contributed by atoms with E-state index in [9.17, 15) is 0 Å². The minimum absolute atomic E-state index is 0.165. The Morgan fingerprint density at radius 3 is 2.12 bits per heavy atom. The van der Waals surface area contributed by atoms with Crippen molar-refractivity contribution in [2.45, 2.75) is 13.3 Å². The van der Waals surface area contributed by atoms with Crippen LogP contribution in [0.25, 0.3) is 10.8 Å². The molecule has 0 aliphatic rings. The molecule has 0 saturated heterocycles. The van der Waals surface area contributed by atoms with Gasteiger partial charge in [-0.25, -0.2) is 9.97 Å². The van der Waals surface area contributed by atoms with Crippen molar-refractivity contribution in [1.29, 1.82) is 5.26 Å². The first-order valence-electron chi connectivity index (χ1n) is 7.52. The SMILES string of the molecule is COc1c(C)c(Cc2cnc(C#N)nc2)c(OC)c2ccccc12. The largest absolute Gasteiger partial charge is 0.496 e. The summed E-state index contributed by atoms with van der Waals surface area (Å²) in [5.74, 6) is 1.84. The Kier molecular flexibility index (Phi) is 4.30. The van der Waals surface area contributed by atoms with E-state index >= 15 is 0 Å². The van der Waals surface area contributed by atoms with Crippen LogP contribution >= 0.6 is 0 Å². The highest BCUT2D eigenvalue weighted by atomic mass is 16.5. The second-order valence-corrected chi connectivity index (χ2v) is 5.42. The number of nitriles is 1. The average Bonchev–Trinajstić information content (AvgIpc) is 2.63. The number of ether oxygens (including phenoxy) is 2. The van der Waals surface area contributed by atoms with Crippen LogP contribution in [0.4, 0.5) is 0 Å². The molecule has 5 heteroatoms. The Morgan fingerprint density at radius 1 is 1.00 bits per heavy atom. The van der Waals surface area contributed by atoms with Crippen molar-refractivity contribution in [3.05, 3.63) is 59.2 Å². The van der Waals surface area contributed by atoms with Crippen molar-refractivity contribution in [2.24, 2.45) is 0 Å². The van der Waals surface area contributed by atoms with E-state index in [4.69, 9.17) is 14.7 Å². The minimum Gasteiger partial charge on any atom is -0.496 e. The van der Waals surface area contributed by atoms with Crippen LogP contribution < -0.4 is 9.47 Å². The molecule has 0 amide bonds. The lowest BCUT2D eigenvalue weighted by Gasteiger charge is -2.18. The molecular formula is C19H17N3O2. The standard InChI is InChI=1S/C19H17N3O2/c1-12-16(8-13-10-21-17(9-20)22-11-13)19(24-3)15-7-5-4-6-14(15)18(12)23-2/h4-7,10-11H,8H2,1-3H3. The van der Waals surface area contributed by atoms with Crippen molar-refractivity contribution in [1.82, 2.24) is 9.97 Å². The van der Waals surface area contributed by atoms with Crippen LogP contribution in [0.3, 0.4) is 0 Å². The molecule has 0 saturated carbocycles. The molecular weight excluding hydrogens is 302 g/mol. The summed E-state index contributed by atoms with van der Waals surface area (Å²) in [7, 11) is 3.35. The molecule has 0 unspecified atom stereocenters. The molecule has 1 heterocycles. The molecule has 0 radical (unpaired) electrons. The van der Waals surface area contributed by atoms with Gasteiger partial charge in [0, 0.05) is 35.2 Å². The normalized spacial score (nSPS) is 10.4. The minimum atomic E-state index is 0.165. The number of hydrogen-bond donors (Lipinski definition) is 0. The van der Waals surface area contributed by atoms with Crippen LogP contribution in [0.1, 0.15) is 22.5 Å². The van der Waals surface area contributed by atoms with Crippen LogP contribution in [0.2, 0.25) is 0 Å². The van der Waals surface area contributed by atoms with E-state index < -0.39 is 0 Å². The van der Waals surface area contributed by atoms with Crippen LogP contribution in [0, 0.1) is 18.3 Å². The van der Waals surface area contributed by atoms with E-state index in [1.807, 2.05) is 37.3 Å². The zero-order valence-corrected chi connectivity index (χ0v) is 13.8. The zero-order valence-electron chi connectivity index (χ0n) is 13.8. The lowest BCUT2D eigenvalue weighted by Crippen LogP contribution is -2.02. The predicted molar refractivity (Wildman–Crippen MR) is 91.3 cm³/mol. The Bertz CT molecular complexity index is 928. The summed E-state index contributed by atoms with van der Waals surface area (Å²) in [6.45, 7) is 2.02. The van der Waals surface area contributed by atoms with Gasteiger partial charge < -0.3 is 9.47 Å². The molecule has 0 N–H and O–H groups in total. The fraction of sp³-hybridized carbons (Fsp3) is 0.211. The van der Waals surface area contributed by atoms with E-state index in [-0.39, 0.29) is 5.82 Å². The number of nitrogens with zero attached hydrogens (tertiary/aromatic N) is 3. The predicted octanol–water partition coefficient (Wildman–Crippen LogP) is 3.42. The molecule has 120 valence electrons. The average molecular weight is 319 g/mol. The highest BCUT2D eigenvalue weighted by Crippen LogP contribution is 2.41. The zero-order chi connectivity index (χ0) is 17.1. The van der Waals surface area contributed by atoms with Gasteiger partial charge in [0.05, 0.1) is 14.2 Å². The van der Waals surface area contributed by atoms with E-state index in [2.05, 4.69) is 9.97 Å². The summed E-state index contributed by atoms with van der Waals surface area (Å²) in [6, 6.07) is 9.94. The van der Waals surface area contributed by atoms with Gasteiger partial charge in [-0.2, -0.15) is 5.26 Å². The van der Waals surface area contributed by atoms with Crippen LogP contribution in [-0.4, -0.2) is 24.2 Å². The molecule has 0 aliphatic heterocycles. The van der Waals surface area contributed by atoms with E-state index in [1.54, 1.807) is 26.6 Å². The molecule has 3 aromatic rings. The molecule has 0 bridgehead atoms. The maximum atomic E-state index is 8.82. The highest BCUT2D eigenvalue weighted by Gasteiger charge is 2.18. The fourth-order valence-corrected chi connectivity index (χ4v) is 2.97. The van der Waals surface area contributed by atoms with E-state index in [0.717, 1.165) is 39.0 Å². The summed E-state index contributed by atoms with van der Waals surface area (Å²) in [5, 5.41) is 10.8. The molecule has 5 nitrogen and oxygen atoms in total. The molecule has 3 rings (SSSR count). The number of rotatable bonds is 4. The van der Waals surface area contributed by atoms with Gasteiger partial charge in [-0.3, -0.25) is 0 Å². The molecule has 24 heavy (non-hydrogen) atoms. The second-order valence-electron chi connectivity index (χ2n) is 5.42. The molecule has 0 aliphatic carbocycles. The van der Waals surface area contributed by atoms with Gasteiger partial charge in [-0.15, -0.1) is 0 Å². The van der Waals surface area contributed by atoms with Gasteiger partial charge in [0.15, 0.2) is 0 Å². The summed E-state index contributed by atoms with van der Waals surface area (Å²) >= 11 is 0. The van der Waals surface area contributed by atoms with Gasteiger partial charge in [-0.05, 0) is 18.1 Å². The Labute approximate surface area is 140 Å². The Hall–Kier alpha value is -3.13. The van der Waals surface area contributed by atoms with Crippen molar-refractivity contribution >= 4 is 10.8 Å². The topological polar surface area (TPSA) is 68.0 Å². The van der Waals surface area contributed by atoms with Crippen molar-refractivity contribution in [3.8, 4) is 17.6 Å². The number of methoxy groups -OCH3 is 2. The first-order valence-corrected chi connectivity index (χ1v) is 7.52. The Balaban J connectivity index is 2.18. The number of fused-ring (bicyclic) bond motifs is 1. The lowest BCUT2D eigenvalue weighted by atomic mass is 9.95. The number of benzene rings is 2. The van der Waals surface area contributed by atoms with Gasteiger partial charge in [0.1, 0.15) is 17.6 Å². The summed E-state index contributed by atoms with van der Waals surface area (Å²) in [6.07, 6.45) is 3.94. The molecule has 0 fully saturated rings. The maximum Gasteiger partial charge on any atom is 0.232 e. The Morgan fingerprint density at radius 2 is 1.58 bits per heavy atom. The van der Waals surface area contributed by atoms with Crippen molar-refractivity contribution in [2.75, 3.05) is 14.2 Å². The first kappa shape index (κ1) is 15.8. The summed E-state index contributed by atoms with van der Waals surface area (Å²) in [4.78, 5) is 8.08. The van der Waals surface area contributed by atoms with Crippen molar-refractivity contribution < 1.29 is 9.47 Å². The van der Waals surface area contributed by atoms with E-state index in [0.29, 0.717) is 6.42 Å². The molecule has 2 aromatic carbocycles. The summed E-state index contributed by atoms with van der Waals surface area (Å²) < 4.78 is 11.4. The van der Waals surface area contributed by atoms with Gasteiger partial charge in [0.25, 0.3) is 0 Å². The quantitative estimate of drug-likeness (QED) is 0.737. The van der Waals surface area contributed by atoms with E-state index in [1.165, 1.54) is 0 Å². The smallest absolute Gasteiger partial charge is 0.232 e. The third-order valence-electron chi connectivity index (χ3n) is 4.08. The van der Waals surface area contributed by atoms with Crippen LogP contribution in [0.15, 0.2) is 36.7 Å². The fourth-order valence-electron chi connectivity index (χ4n) is 2.97. The third-order valence-corrected chi connectivity index (χ3v) is 4.08. The van der Waals surface area contributed by atoms with Crippen molar-refractivity contribution in [3.63, 3.8) is 0 Å². The lowest BCUT2D eigenvalue weighted by molar-refractivity contribution is 0.404. The monoisotopic (exact) mass is 319 g/mol. The number of aromatic nitrogens is 2. The van der Waals surface area contributed by atoms with Crippen LogP contribution in [0.5, 0.6) is 11.5 Å². The summed E-state index contributed by atoms with van der Waals surface area (Å²) in [5.41, 5.74) is 2.96. The van der Waals surface area contributed by atoms with Gasteiger partial charge in [0.2, 0.25) is 5.82 Å². The maximum absolute atomic E-state index is 8.82. The molecule has 1 aromatic heterocycles. The van der Waals surface area contributed by atoms with Gasteiger partial charge in [-0.1, -0.05) is 24.3 Å². The molecule has 0 spiro atoms. The first-order chi connectivity index (χ1) is 11.7. The highest BCUT2D eigenvalue weighted by molar-refractivity contribution is 5.96. The molecule has 0 atom stereocenters. The third kappa shape index (κ3) is 2.63. The number of hydrogen-bond acceptors (Lipinski definition) is 5. The van der Waals surface area contributed by atoms with Crippen LogP contribution in [-0.2, 0) is 6.42 Å². The van der Waals surface area contributed by atoms with Gasteiger partial charge >= 0.3 is 0 Å².